The standard InChI is InChI=1S/H3O2PS2.P/c1-3(2,4)5;/h(H3,1,2,4,5);. The molecule has 2 nitrogen and oxygen atoms in total. The Morgan fingerprint density at radius 3 is 1.50 bits per heavy atom. The summed E-state index contributed by atoms with van der Waals surface area (Å²) in [7, 11) is 0. The lowest BCUT2D eigenvalue weighted by molar-refractivity contribution is 0.515. The molecule has 0 saturated carbocycles. The van der Waals surface area contributed by atoms with Crippen LogP contribution >= 0.6 is 40.2 Å². The normalized spacial score (nSPS) is 9.83. The van der Waals surface area contributed by atoms with Gasteiger partial charge in [0.05, 0.1) is 0 Å². The lowest BCUT2D eigenvalue weighted by atomic mass is 15.9. The van der Waals surface area contributed by atoms with Crippen molar-refractivity contribution in [1.29, 1.82) is 0 Å². The van der Waals surface area contributed by atoms with Crippen molar-refractivity contribution in [3.8, 4) is 0 Å². The molecule has 0 unspecified atom stereocenters. The third-order valence-electron chi connectivity index (χ3n) is 0. The third kappa shape index (κ3) is 57.0. The monoisotopic (exact) mass is 161 g/mol. The van der Waals surface area contributed by atoms with Crippen molar-refractivity contribution in [3.05, 3.63) is 0 Å². The summed E-state index contributed by atoms with van der Waals surface area (Å²) in [6.45, 7) is 0. The molecular weight excluding hydrogens is 158 g/mol. The molecule has 0 fully saturated rings. The molecule has 0 amide bonds. The van der Waals surface area contributed by atoms with Crippen LogP contribution in [0, 0.1) is 0 Å². The van der Waals surface area contributed by atoms with Crippen LogP contribution < -0.4 is 0 Å². The van der Waals surface area contributed by atoms with Crippen LogP contribution in [0.1, 0.15) is 0 Å². The van der Waals surface area contributed by atoms with E-state index in [2.05, 4.69) is 24.5 Å². The minimum absolute atomic E-state index is 0. The van der Waals surface area contributed by atoms with Crippen molar-refractivity contribution in [1.82, 2.24) is 0 Å². The molecule has 1 N–H and O–H groups in total. The van der Waals surface area contributed by atoms with E-state index >= 15 is 0 Å². The van der Waals surface area contributed by atoms with Crippen molar-refractivity contribution in [3.63, 3.8) is 0 Å². The van der Waals surface area contributed by atoms with E-state index in [9.17, 15) is 4.57 Å². The molecule has 0 rings (SSSR count). The molecule has 0 aliphatic carbocycles. The molecule has 0 spiro atoms. The summed E-state index contributed by atoms with van der Waals surface area (Å²) in [5.74, 6) is -3.25. The molecule has 0 atom stereocenters. The maximum atomic E-state index is 9.50. The number of rotatable bonds is 0. The van der Waals surface area contributed by atoms with E-state index in [1.807, 2.05) is 0 Å². The fourth-order valence-corrected chi connectivity index (χ4v) is 0. The van der Waals surface area contributed by atoms with Gasteiger partial charge in [-0.2, -0.15) is 0 Å². The van der Waals surface area contributed by atoms with Crippen molar-refractivity contribution in [2.45, 2.75) is 0 Å². The summed E-state index contributed by atoms with van der Waals surface area (Å²) >= 11 is 6.20. The molecule has 6 heteroatoms. The van der Waals surface area contributed by atoms with Crippen LogP contribution in [0.25, 0.3) is 0 Å². The van der Waals surface area contributed by atoms with Crippen LogP contribution in [-0.2, 0) is 4.57 Å². The summed E-state index contributed by atoms with van der Waals surface area (Å²) in [6, 6.07) is 0. The summed E-state index contributed by atoms with van der Waals surface area (Å²) in [4.78, 5) is 7.80. The van der Waals surface area contributed by atoms with Gasteiger partial charge in [0, 0.05) is 9.90 Å². The smallest absolute Gasteiger partial charge is 0.304 e. The van der Waals surface area contributed by atoms with Crippen LogP contribution in [0.3, 0.4) is 0 Å². The first-order valence-corrected chi connectivity index (χ1v) is 4.75. The van der Waals surface area contributed by atoms with Gasteiger partial charge in [-0.25, -0.2) is 0 Å². The summed E-state index contributed by atoms with van der Waals surface area (Å²) < 4.78 is 9.50. The molecule has 0 aromatic heterocycles. The highest BCUT2D eigenvalue weighted by Gasteiger charge is 1.95. The topological polar surface area (TPSA) is 37.3 Å². The maximum absolute atomic E-state index is 9.50. The van der Waals surface area contributed by atoms with Gasteiger partial charge in [0.1, 0.15) is 0 Å². The molecule has 37 valence electrons. The highest BCUT2D eigenvalue weighted by molar-refractivity contribution is 8.78. The Balaban J connectivity index is 0. The highest BCUT2D eigenvalue weighted by atomic mass is 33.1. The van der Waals surface area contributed by atoms with E-state index in [-0.39, 0.29) is 9.90 Å². The zero-order valence-electron chi connectivity index (χ0n) is 2.64. The second kappa shape index (κ2) is 3.34. The zero-order chi connectivity index (χ0) is 4.50. The van der Waals surface area contributed by atoms with E-state index in [4.69, 9.17) is 4.89 Å². The van der Waals surface area contributed by atoms with Gasteiger partial charge in [0.15, 0.2) is 0 Å². The molecule has 0 aromatic carbocycles. The number of hydrogen-bond acceptors (Lipinski definition) is 1. The van der Waals surface area contributed by atoms with Gasteiger partial charge in [-0.1, -0.05) is 24.5 Å². The van der Waals surface area contributed by atoms with Crippen LogP contribution in [0.4, 0.5) is 0 Å². The zero-order valence-corrected chi connectivity index (χ0v) is 6.22. The molecule has 0 aromatic rings. The number of thiol groups is 2. The molecule has 6 heavy (non-hydrogen) atoms. The van der Waals surface area contributed by atoms with Crippen LogP contribution in [0.15, 0.2) is 0 Å². The first-order valence-electron chi connectivity index (χ1n) is 0.783. The highest BCUT2D eigenvalue weighted by Crippen LogP contribution is 2.50. The van der Waals surface area contributed by atoms with Crippen molar-refractivity contribution >= 4 is 40.2 Å². The summed E-state index contributed by atoms with van der Waals surface area (Å²) in [5.41, 5.74) is 0. The third-order valence-corrected chi connectivity index (χ3v) is 0. The fraction of sp³-hybridized carbons (Fsp3) is 0. The second-order valence-electron chi connectivity index (χ2n) is 0.513. The Bertz CT molecular complexity index is 55.7. The van der Waals surface area contributed by atoms with Crippen LogP contribution in [0.2, 0.25) is 0 Å². The Morgan fingerprint density at radius 2 is 1.50 bits per heavy atom. The van der Waals surface area contributed by atoms with Crippen LogP contribution in [-0.4, -0.2) is 4.89 Å². The van der Waals surface area contributed by atoms with E-state index < -0.39 is 5.77 Å². The van der Waals surface area contributed by atoms with Gasteiger partial charge >= 0.3 is 5.77 Å². The predicted octanol–water partition coefficient (Wildman–Crippen LogP) is 1.81. The van der Waals surface area contributed by atoms with Gasteiger partial charge in [0.25, 0.3) is 0 Å². The first kappa shape index (κ1) is 10.3. The van der Waals surface area contributed by atoms with Gasteiger partial charge in [-0.05, 0) is 0 Å². The maximum Gasteiger partial charge on any atom is 0.304 e. The fourth-order valence-electron chi connectivity index (χ4n) is 0. The van der Waals surface area contributed by atoms with E-state index in [1.165, 1.54) is 0 Å². The molecule has 0 aliphatic rings. The lowest BCUT2D eigenvalue weighted by Crippen LogP contribution is -1.40. The van der Waals surface area contributed by atoms with Crippen molar-refractivity contribution in [2.24, 2.45) is 0 Å². The first-order chi connectivity index (χ1) is 2.00. The molecule has 0 bridgehead atoms. The van der Waals surface area contributed by atoms with Gasteiger partial charge in [0.2, 0.25) is 0 Å². The van der Waals surface area contributed by atoms with Crippen molar-refractivity contribution in [2.75, 3.05) is 0 Å². The largest absolute Gasteiger partial charge is 0.330 e. The van der Waals surface area contributed by atoms with Crippen molar-refractivity contribution < 1.29 is 9.46 Å². The molecule has 0 aliphatic heterocycles. The Morgan fingerprint density at radius 1 is 1.50 bits per heavy atom. The van der Waals surface area contributed by atoms with Gasteiger partial charge in [-0.15, -0.1) is 0 Å². The van der Waals surface area contributed by atoms with E-state index in [0.29, 0.717) is 0 Å². The number of hydrogen-bond donors (Lipinski definition) is 3. The average Bonchev–Trinajstić information content (AvgIpc) is 0.722. The van der Waals surface area contributed by atoms with Gasteiger partial charge in [-0.3, -0.25) is 4.57 Å². The minimum atomic E-state index is -3.25. The average molecular weight is 161 g/mol. The SMILES string of the molecule is O=P(O)(S)S.[P]. The Kier molecular flexibility index (Phi) is 5.75. The molecule has 0 saturated heterocycles. The second-order valence-corrected chi connectivity index (χ2v) is 5.74. The Labute approximate surface area is 50.1 Å². The lowest BCUT2D eigenvalue weighted by Gasteiger charge is -1.83. The van der Waals surface area contributed by atoms with Gasteiger partial charge < -0.3 is 4.89 Å². The van der Waals surface area contributed by atoms with E-state index in [1.54, 1.807) is 0 Å². The summed E-state index contributed by atoms with van der Waals surface area (Å²) in [5, 5.41) is 0. The van der Waals surface area contributed by atoms with Crippen LogP contribution in [0.5, 0.6) is 0 Å². The predicted molar refractivity (Wildman–Crippen MR) is 34.7 cm³/mol. The molecule has 3 radical (unpaired) electrons. The quantitative estimate of drug-likeness (QED) is 0.374. The van der Waals surface area contributed by atoms with E-state index in [0.717, 1.165) is 0 Å². The Hall–Kier alpha value is 1.32. The summed E-state index contributed by atoms with van der Waals surface area (Å²) in [6.07, 6.45) is 0. The molecule has 0 heterocycles. The minimum Gasteiger partial charge on any atom is -0.330 e. The molecular formula is H3O2P2S2.